The topological polar surface area (TPSA) is 108 Å². The van der Waals surface area contributed by atoms with E-state index in [9.17, 15) is 9.59 Å². The van der Waals surface area contributed by atoms with Gasteiger partial charge >= 0.3 is 11.9 Å². The fourth-order valence-electron chi connectivity index (χ4n) is 6.32. The Bertz CT molecular complexity index is 2060. The number of esters is 2. The Hall–Kier alpha value is -6.09. The summed E-state index contributed by atoms with van der Waals surface area (Å²) in [5, 5.41) is 8.55. The van der Waals surface area contributed by atoms with Crippen molar-refractivity contribution in [1.29, 1.82) is 0 Å². The van der Waals surface area contributed by atoms with Gasteiger partial charge in [-0.2, -0.15) is 10.2 Å². The van der Waals surface area contributed by atoms with Gasteiger partial charge in [0, 0.05) is 6.21 Å². The minimum absolute atomic E-state index is 0.0721. The molecule has 5 aromatic rings. The molecule has 9 nitrogen and oxygen atoms in total. The lowest BCUT2D eigenvalue weighted by Gasteiger charge is -2.12. The van der Waals surface area contributed by atoms with Crippen molar-refractivity contribution in [2.45, 2.75) is 104 Å². The second-order valence-electron chi connectivity index (χ2n) is 14.8. The van der Waals surface area contributed by atoms with E-state index < -0.39 is 11.9 Å². The van der Waals surface area contributed by atoms with E-state index in [0.29, 0.717) is 52.8 Å². The first kappa shape index (κ1) is 45.0. The molecule has 60 heavy (non-hydrogen) atoms. The van der Waals surface area contributed by atoms with Crippen LogP contribution in [0.2, 0.25) is 0 Å². The molecule has 0 unspecified atom stereocenters. The van der Waals surface area contributed by atoms with Gasteiger partial charge in [-0.3, -0.25) is 4.99 Å². The van der Waals surface area contributed by atoms with Gasteiger partial charge in [0.05, 0.1) is 41.4 Å². The smallest absolute Gasteiger partial charge is 0.343 e. The summed E-state index contributed by atoms with van der Waals surface area (Å²) in [6.45, 7) is 5.70. The molecule has 0 fully saturated rings. The molecule has 0 aliphatic carbocycles. The first-order valence-electron chi connectivity index (χ1n) is 21.7. The molecular weight excluding hydrogens is 751 g/mol. The fraction of sp³-hybridized carbons (Fsp3) is 0.353. The average molecular weight is 810 g/mol. The molecule has 0 N–H and O–H groups in total. The highest BCUT2D eigenvalue weighted by Gasteiger charge is 2.18. The number of hydrogen-bond acceptors (Lipinski definition) is 9. The van der Waals surface area contributed by atoms with E-state index in [2.05, 4.69) is 29.1 Å². The molecule has 0 heterocycles. The Morgan fingerprint density at radius 2 is 0.917 bits per heavy atom. The third-order valence-electron chi connectivity index (χ3n) is 9.84. The lowest BCUT2D eigenvalue weighted by molar-refractivity contribution is 0.0682. The molecule has 0 aromatic heterocycles. The van der Waals surface area contributed by atoms with E-state index in [1.54, 1.807) is 72.9 Å². The molecule has 0 bridgehead atoms. The molecule has 5 rings (SSSR count). The van der Waals surface area contributed by atoms with Gasteiger partial charge in [0.2, 0.25) is 0 Å². The van der Waals surface area contributed by atoms with E-state index in [1.807, 2.05) is 54.6 Å². The first-order chi connectivity index (χ1) is 29.5. The van der Waals surface area contributed by atoms with Gasteiger partial charge < -0.3 is 18.9 Å². The van der Waals surface area contributed by atoms with Crippen molar-refractivity contribution in [3.63, 3.8) is 0 Å². The summed E-state index contributed by atoms with van der Waals surface area (Å²) in [6, 6.07) is 35.5. The van der Waals surface area contributed by atoms with Gasteiger partial charge in [-0.25, -0.2) is 9.59 Å². The van der Waals surface area contributed by atoms with E-state index in [0.717, 1.165) is 31.4 Å². The zero-order valence-electron chi connectivity index (χ0n) is 35.2. The van der Waals surface area contributed by atoms with Crippen molar-refractivity contribution in [2.24, 2.45) is 15.2 Å². The number of aliphatic imine (C=N–C) groups is 1. The summed E-state index contributed by atoms with van der Waals surface area (Å²) in [4.78, 5) is 31.4. The van der Waals surface area contributed by atoms with Crippen molar-refractivity contribution >= 4 is 35.2 Å². The maximum atomic E-state index is 13.5. The number of nitrogens with zero attached hydrogens (tertiary/aromatic N) is 3. The van der Waals surface area contributed by atoms with Crippen LogP contribution in [0.5, 0.6) is 23.0 Å². The van der Waals surface area contributed by atoms with Gasteiger partial charge in [0.25, 0.3) is 0 Å². The summed E-state index contributed by atoms with van der Waals surface area (Å²) in [5.74, 6) is 0.334. The molecule has 0 aliphatic heterocycles. The number of benzene rings is 5. The summed E-state index contributed by atoms with van der Waals surface area (Å²) >= 11 is 0. The molecule has 5 aromatic carbocycles. The van der Waals surface area contributed by atoms with E-state index in [-0.39, 0.29) is 11.5 Å². The predicted molar refractivity (Wildman–Crippen MR) is 241 cm³/mol. The number of unbranched alkanes of at least 4 members (excludes halogenated alkanes) is 12. The van der Waals surface area contributed by atoms with Crippen molar-refractivity contribution in [1.82, 2.24) is 0 Å². The number of hydrogen-bond donors (Lipinski definition) is 0. The Balaban J connectivity index is 1.22. The average Bonchev–Trinajstić information content (AvgIpc) is 3.28. The minimum Gasteiger partial charge on any atom is -0.494 e. The third kappa shape index (κ3) is 16.3. The van der Waals surface area contributed by atoms with Crippen LogP contribution in [0.1, 0.15) is 130 Å². The Morgan fingerprint density at radius 1 is 0.467 bits per heavy atom. The lowest BCUT2D eigenvalue weighted by atomic mass is 10.1. The maximum Gasteiger partial charge on any atom is 0.343 e. The molecule has 0 amide bonds. The number of carbonyl (C=O) groups is 2. The first-order valence-corrected chi connectivity index (χ1v) is 21.7. The van der Waals surface area contributed by atoms with Crippen LogP contribution in [0, 0.1) is 0 Å². The fourth-order valence-corrected chi connectivity index (χ4v) is 6.32. The van der Waals surface area contributed by atoms with Crippen molar-refractivity contribution in [3.05, 3.63) is 138 Å². The van der Waals surface area contributed by atoms with Crippen LogP contribution in [0.4, 0.5) is 17.1 Å². The van der Waals surface area contributed by atoms with Gasteiger partial charge in [0.15, 0.2) is 11.5 Å². The number of rotatable bonds is 26. The normalized spacial score (nSPS) is 11.2. The van der Waals surface area contributed by atoms with E-state index >= 15 is 0 Å². The molecule has 9 heteroatoms. The number of carbonyl (C=O) groups excluding carboxylic acids is 2. The molecule has 314 valence electrons. The summed E-state index contributed by atoms with van der Waals surface area (Å²) in [6.07, 6.45) is 18.5. The second-order valence-corrected chi connectivity index (χ2v) is 14.8. The van der Waals surface area contributed by atoms with Crippen LogP contribution in [0.3, 0.4) is 0 Å². The monoisotopic (exact) mass is 809 g/mol. The van der Waals surface area contributed by atoms with Crippen LogP contribution < -0.4 is 18.9 Å². The standard InChI is InChI=1S/C51H59N3O6/c1-3-5-7-9-11-13-18-36-57-46-31-23-41(24-32-46)50(55)59-48-35-22-40(39-52-43-27-29-45(30-28-43)54-53-44-20-16-15-17-21-44)38-49(48)60-51(56)42-25-33-47(34-26-42)58-37-19-14-12-10-8-6-4-2/h15-17,20-35,38-39H,3-14,18-19,36-37H2,1-2H3. The summed E-state index contributed by atoms with van der Waals surface area (Å²) < 4.78 is 23.5. The Morgan fingerprint density at radius 3 is 1.43 bits per heavy atom. The van der Waals surface area contributed by atoms with E-state index in [1.165, 1.54) is 64.2 Å². The molecular formula is C51H59N3O6. The van der Waals surface area contributed by atoms with E-state index in [4.69, 9.17) is 18.9 Å². The van der Waals surface area contributed by atoms with Crippen molar-refractivity contribution in [2.75, 3.05) is 13.2 Å². The molecule has 0 aliphatic rings. The highest BCUT2D eigenvalue weighted by molar-refractivity contribution is 5.94. The summed E-state index contributed by atoms with van der Waals surface area (Å²) in [5.41, 5.74) is 3.43. The zero-order chi connectivity index (χ0) is 42.0. The van der Waals surface area contributed by atoms with Crippen LogP contribution in [-0.2, 0) is 0 Å². The van der Waals surface area contributed by atoms with Gasteiger partial charge in [-0.05, 0) is 122 Å². The Labute approximate surface area is 355 Å². The van der Waals surface area contributed by atoms with Gasteiger partial charge in [-0.1, -0.05) is 109 Å². The highest BCUT2D eigenvalue weighted by Crippen LogP contribution is 2.31. The molecule has 0 saturated carbocycles. The predicted octanol–water partition coefficient (Wildman–Crippen LogP) is 14.5. The lowest BCUT2D eigenvalue weighted by Crippen LogP contribution is -2.13. The molecule has 0 atom stereocenters. The van der Waals surface area contributed by atoms with Gasteiger partial charge in [-0.15, -0.1) is 0 Å². The van der Waals surface area contributed by atoms with Gasteiger partial charge in [0.1, 0.15) is 11.5 Å². The molecule has 0 spiro atoms. The second kappa shape index (κ2) is 26.1. The van der Waals surface area contributed by atoms with Crippen LogP contribution in [-0.4, -0.2) is 31.4 Å². The number of ether oxygens (including phenoxy) is 4. The molecule has 0 saturated heterocycles. The number of azo groups is 1. The quantitative estimate of drug-likeness (QED) is 0.0181. The van der Waals surface area contributed by atoms with Crippen LogP contribution >= 0.6 is 0 Å². The third-order valence-corrected chi connectivity index (χ3v) is 9.84. The minimum atomic E-state index is -0.609. The SMILES string of the molecule is CCCCCCCCCOc1ccc(C(=O)Oc2ccc(C=Nc3ccc(N=Nc4ccccc4)cc3)cc2OC(=O)c2ccc(OCCCCCCCCC)cc2)cc1. The highest BCUT2D eigenvalue weighted by atomic mass is 16.6. The summed E-state index contributed by atoms with van der Waals surface area (Å²) in [7, 11) is 0. The van der Waals surface area contributed by atoms with Crippen LogP contribution in [0.25, 0.3) is 0 Å². The Kier molecular flexibility index (Phi) is 19.6. The largest absolute Gasteiger partial charge is 0.494 e. The zero-order valence-corrected chi connectivity index (χ0v) is 35.2. The van der Waals surface area contributed by atoms with Crippen LogP contribution in [0.15, 0.2) is 137 Å². The van der Waals surface area contributed by atoms with Crippen molar-refractivity contribution < 1.29 is 28.5 Å². The maximum absolute atomic E-state index is 13.5. The molecule has 0 radical (unpaired) electrons. The van der Waals surface area contributed by atoms with Crippen molar-refractivity contribution in [3.8, 4) is 23.0 Å².